The molecule has 0 saturated heterocycles. The minimum atomic E-state index is 0.175. The van der Waals surface area contributed by atoms with Crippen molar-refractivity contribution in [3.05, 3.63) is 72.1 Å². The summed E-state index contributed by atoms with van der Waals surface area (Å²) in [5.74, 6) is 1.41. The van der Waals surface area contributed by atoms with Crippen LogP contribution in [0.5, 0.6) is 23.3 Å². The normalized spacial score (nSPS) is 13.1. The Morgan fingerprint density at radius 2 is 1.72 bits per heavy atom. The topological polar surface area (TPSA) is 120 Å². The van der Waals surface area contributed by atoms with E-state index in [0.29, 0.717) is 41.6 Å². The number of nitriles is 1. The van der Waals surface area contributed by atoms with Gasteiger partial charge in [-0.1, -0.05) is 29.4 Å². The first kappa shape index (κ1) is 20.6. The van der Waals surface area contributed by atoms with Crippen molar-refractivity contribution in [2.45, 2.75) is 0 Å². The predicted molar refractivity (Wildman–Crippen MR) is 113 cm³/mol. The van der Waals surface area contributed by atoms with Crippen LogP contribution in [0.2, 0.25) is 0 Å². The van der Waals surface area contributed by atoms with Gasteiger partial charge in [0, 0.05) is 0 Å². The Bertz CT molecular complexity index is 1210. The van der Waals surface area contributed by atoms with Crippen molar-refractivity contribution in [2.75, 3.05) is 20.3 Å². The van der Waals surface area contributed by atoms with Gasteiger partial charge in [0.05, 0.1) is 17.2 Å². The summed E-state index contributed by atoms with van der Waals surface area (Å²) in [4.78, 5) is 18.3. The van der Waals surface area contributed by atoms with Gasteiger partial charge in [0.25, 0.3) is 5.90 Å². The molecule has 0 spiro atoms. The van der Waals surface area contributed by atoms with Crippen molar-refractivity contribution in [3.8, 4) is 29.3 Å². The van der Waals surface area contributed by atoms with Crippen molar-refractivity contribution >= 4 is 11.6 Å². The molecule has 3 aromatic rings. The summed E-state index contributed by atoms with van der Waals surface area (Å²) in [6.45, 7) is 0.682. The fraction of sp³-hybridized carbons (Fsp3) is 0.136. The fourth-order valence-electron chi connectivity index (χ4n) is 2.77. The molecule has 0 amide bonds. The zero-order valence-electron chi connectivity index (χ0n) is 17.0. The SMILES string of the molecule is CON=C(C1=NOCCO1)c1ccccc1Oc1cc(Oc2ccccc2C#N)ncn1. The minimum absolute atomic E-state index is 0.175. The molecule has 2 aromatic carbocycles. The highest BCUT2D eigenvalue weighted by Gasteiger charge is 2.22. The maximum Gasteiger partial charge on any atom is 0.280 e. The van der Waals surface area contributed by atoms with E-state index >= 15 is 0 Å². The minimum Gasteiger partial charge on any atom is -0.470 e. The maximum absolute atomic E-state index is 9.24. The van der Waals surface area contributed by atoms with Crippen molar-refractivity contribution in [2.24, 2.45) is 10.3 Å². The van der Waals surface area contributed by atoms with Crippen LogP contribution >= 0.6 is 0 Å². The summed E-state index contributed by atoms with van der Waals surface area (Å²) < 4.78 is 17.3. The van der Waals surface area contributed by atoms with E-state index < -0.39 is 0 Å². The molecule has 0 radical (unpaired) electrons. The van der Waals surface area contributed by atoms with Crippen LogP contribution in [0.1, 0.15) is 11.1 Å². The Labute approximate surface area is 183 Å². The zero-order valence-corrected chi connectivity index (χ0v) is 17.0. The number of ether oxygens (including phenoxy) is 3. The lowest BCUT2D eigenvalue weighted by Crippen LogP contribution is -2.25. The number of nitrogens with zero attached hydrogens (tertiary/aromatic N) is 5. The smallest absolute Gasteiger partial charge is 0.280 e. The Balaban J connectivity index is 1.62. The Morgan fingerprint density at radius 1 is 1.00 bits per heavy atom. The molecule has 0 N–H and O–H groups in total. The molecule has 1 aliphatic rings. The van der Waals surface area contributed by atoms with Crippen LogP contribution < -0.4 is 9.47 Å². The molecule has 0 aliphatic carbocycles. The van der Waals surface area contributed by atoms with Crippen LogP contribution in [0.15, 0.2) is 71.2 Å². The summed E-state index contributed by atoms with van der Waals surface area (Å²) >= 11 is 0. The number of rotatable bonds is 7. The van der Waals surface area contributed by atoms with Gasteiger partial charge >= 0.3 is 0 Å². The van der Waals surface area contributed by atoms with Gasteiger partial charge in [0.2, 0.25) is 11.8 Å². The van der Waals surface area contributed by atoms with Crippen LogP contribution in [0.3, 0.4) is 0 Å². The third-order valence-electron chi connectivity index (χ3n) is 4.14. The lowest BCUT2D eigenvalue weighted by molar-refractivity contribution is 0.0672. The summed E-state index contributed by atoms with van der Waals surface area (Å²) in [6.07, 6.45) is 1.30. The standard InChI is InChI=1S/C22H17N5O5/c1-28-26-21(22-27-30-11-10-29-22)16-7-3-5-9-18(16)32-20-12-19(24-14-25-20)31-17-8-4-2-6-15(17)13-23/h2-9,12,14H,10-11H2,1H3. The second kappa shape index (κ2) is 9.90. The number of aromatic nitrogens is 2. The van der Waals surface area contributed by atoms with Crippen LogP contribution in [-0.2, 0) is 14.4 Å². The van der Waals surface area contributed by atoms with E-state index in [1.807, 2.05) is 6.07 Å². The molecule has 0 atom stereocenters. The lowest BCUT2D eigenvalue weighted by atomic mass is 10.1. The molecule has 2 heterocycles. The number of para-hydroxylation sites is 2. The average molecular weight is 431 g/mol. The summed E-state index contributed by atoms with van der Waals surface area (Å²) in [7, 11) is 1.42. The first-order valence-corrected chi connectivity index (χ1v) is 9.49. The van der Waals surface area contributed by atoms with Gasteiger partial charge in [0.15, 0.2) is 12.3 Å². The molecule has 0 unspecified atom stereocenters. The van der Waals surface area contributed by atoms with Crippen molar-refractivity contribution in [1.82, 2.24) is 9.97 Å². The maximum atomic E-state index is 9.24. The Hall–Kier alpha value is -4.65. The monoisotopic (exact) mass is 431 g/mol. The van der Waals surface area contributed by atoms with E-state index in [1.54, 1.807) is 42.5 Å². The quantitative estimate of drug-likeness (QED) is 0.411. The van der Waals surface area contributed by atoms with Gasteiger partial charge in [0.1, 0.15) is 37.6 Å². The van der Waals surface area contributed by atoms with Crippen LogP contribution in [0.4, 0.5) is 0 Å². The largest absolute Gasteiger partial charge is 0.470 e. The van der Waals surface area contributed by atoms with Gasteiger partial charge in [-0.15, -0.1) is 0 Å². The number of hydrogen-bond donors (Lipinski definition) is 0. The van der Waals surface area contributed by atoms with Gasteiger partial charge in [-0.3, -0.25) is 0 Å². The van der Waals surface area contributed by atoms with E-state index in [0.717, 1.165) is 0 Å². The van der Waals surface area contributed by atoms with Crippen LogP contribution in [-0.4, -0.2) is 41.9 Å². The molecule has 10 nitrogen and oxygen atoms in total. The zero-order chi connectivity index (χ0) is 22.2. The van der Waals surface area contributed by atoms with E-state index in [2.05, 4.69) is 26.3 Å². The molecular weight excluding hydrogens is 414 g/mol. The lowest BCUT2D eigenvalue weighted by Gasteiger charge is -2.16. The van der Waals surface area contributed by atoms with E-state index in [-0.39, 0.29) is 17.7 Å². The summed E-state index contributed by atoms with van der Waals surface area (Å²) in [6, 6.07) is 17.5. The first-order chi connectivity index (χ1) is 15.8. The molecular formula is C22H17N5O5. The van der Waals surface area contributed by atoms with Crippen LogP contribution in [0.25, 0.3) is 0 Å². The molecule has 0 saturated carbocycles. The Morgan fingerprint density at radius 3 is 2.44 bits per heavy atom. The highest BCUT2D eigenvalue weighted by molar-refractivity contribution is 6.45. The van der Waals surface area contributed by atoms with E-state index in [1.165, 1.54) is 19.5 Å². The second-order valence-corrected chi connectivity index (χ2v) is 6.20. The van der Waals surface area contributed by atoms with Crippen molar-refractivity contribution in [3.63, 3.8) is 0 Å². The second-order valence-electron chi connectivity index (χ2n) is 6.20. The molecule has 10 heteroatoms. The average Bonchev–Trinajstić information content (AvgIpc) is 2.84. The molecule has 32 heavy (non-hydrogen) atoms. The number of oxime groups is 2. The molecule has 160 valence electrons. The number of benzene rings is 2. The first-order valence-electron chi connectivity index (χ1n) is 9.49. The number of hydrogen-bond acceptors (Lipinski definition) is 10. The fourth-order valence-corrected chi connectivity index (χ4v) is 2.77. The molecule has 1 aliphatic heterocycles. The highest BCUT2D eigenvalue weighted by Crippen LogP contribution is 2.29. The van der Waals surface area contributed by atoms with Crippen LogP contribution in [0, 0.1) is 11.3 Å². The third kappa shape index (κ3) is 4.73. The van der Waals surface area contributed by atoms with Gasteiger partial charge < -0.3 is 23.9 Å². The van der Waals surface area contributed by atoms with Gasteiger partial charge in [-0.05, 0) is 29.4 Å². The summed E-state index contributed by atoms with van der Waals surface area (Å²) in [5, 5.41) is 17.2. The van der Waals surface area contributed by atoms with E-state index in [4.69, 9.17) is 23.9 Å². The van der Waals surface area contributed by atoms with Gasteiger partial charge in [-0.25, -0.2) is 9.97 Å². The van der Waals surface area contributed by atoms with Crippen molar-refractivity contribution < 1.29 is 23.9 Å². The Kier molecular flexibility index (Phi) is 6.38. The molecule has 0 fully saturated rings. The third-order valence-corrected chi connectivity index (χ3v) is 4.14. The highest BCUT2D eigenvalue weighted by atomic mass is 16.7. The van der Waals surface area contributed by atoms with E-state index in [9.17, 15) is 5.26 Å². The summed E-state index contributed by atoms with van der Waals surface area (Å²) in [5.41, 5.74) is 1.24. The van der Waals surface area contributed by atoms with Gasteiger partial charge in [-0.2, -0.15) is 5.26 Å². The molecule has 4 rings (SSSR count). The molecule has 0 bridgehead atoms. The molecule has 1 aromatic heterocycles. The predicted octanol–water partition coefficient (Wildman–Crippen LogP) is 3.64. The van der Waals surface area contributed by atoms with Crippen molar-refractivity contribution in [1.29, 1.82) is 5.26 Å².